The van der Waals surface area contributed by atoms with Gasteiger partial charge in [-0.25, -0.2) is 0 Å². The Bertz CT molecular complexity index is 923. The molecule has 1 aliphatic heterocycles. The van der Waals surface area contributed by atoms with Gasteiger partial charge in [-0.05, 0) is 47.2 Å². The third-order valence-corrected chi connectivity index (χ3v) is 5.23. The summed E-state index contributed by atoms with van der Waals surface area (Å²) in [4.78, 5) is 26.7. The molecular formula is C24H30N2O4. The molecule has 0 radical (unpaired) electrons. The number of methoxy groups -OCH3 is 2. The number of anilines is 1. The van der Waals surface area contributed by atoms with Gasteiger partial charge in [-0.1, -0.05) is 32.0 Å². The van der Waals surface area contributed by atoms with Gasteiger partial charge in [-0.2, -0.15) is 0 Å². The average molecular weight is 411 g/mol. The van der Waals surface area contributed by atoms with Crippen LogP contribution in [0.2, 0.25) is 0 Å². The molecule has 0 saturated carbocycles. The lowest BCUT2D eigenvalue weighted by molar-refractivity contribution is -0.121. The van der Waals surface area contributed by atoms with Crippen LogP contribution in [0.4, 0.5) is 5.69 Å². The third-order valence-electron chi connectivity index (χ3n) is 5.23. The molecule has 0 unspecified atom stereocenters. The molecule has 0 atom stereocenters. The standard InChI is InChI=1S/C24H30N2O4/c1-16(2)11-24(28)26-10-9-19-12-18(5-7-20(19)26)15-25-23(27)14-17-6-8-21(29-3)22(13-17)30-4/h5-8,12-13,16H,9-11,14-15H2,1-4H3,(H,25,27). The summed E-state index contributed by atoms with van der Waals surface area (Å²) < 4.78 is 10.5. The minimum Gasteiger partial charge on any atom is -0.493 e. The van der Waals surface area contributed by atoms with Crippen molar-refractivity contribution in [3.63, 3.8) is 0 Å². The van der Waals surface area contributed by atoms with E-state index in [4.69, 9.17) is 9.47 Å². The Hall–Kier alpha value is -3.02. The molecule has 1 heterocycles. The van der Waals surface area contributed by atoms with Gasteiger partial charge in [-0.15, -0.1) is 0 Å². The first-order chi connectivity index (χ1) is 14.4. The lowest BCUT2D eigenvalue weighted by Gasteiger charge is -2.18. The summed E-state index contributed by atoms with van der Waals surface area (Å²) in [5.74, 6) is 1.72. The number of hydrogen-bond donors (Lipinski definition) is 1. The molecule has 6 nitrogen and oxygen atoms in total. The predicted molar refractivity (Wildman–Crippen MR) is 117 cm³/mol. The second kappa shape index (κ2) is 9.65. The van der Waals surface area contributed by atoms with Crippen LogP contribution in [0.5, 0.6) is 11.5 Å². The van der Waals surface area contributed by atoms with Gasteiger partial charge >= 0.3 is 0 Å². The molecule has 0 saturated heterocycles. The molecule has 1 aliphatic rings. The van der Waals surface area contributed by atoms with Crippen molar-refractivity contribution in [3.8, 4) is 11.5 Å². The van der Waals surface area contributed by atoms with Crippen LogP contribution in [0, 0.1) is 5.92 Å². The molecule has 3 rings (SSSR count). The molecule has 1 N–H and O–H groups in total. The zero-order valence-corrected chi connectivity index (χ0v) is 18.2. The van der Waals surface area contributed by atoms with E-state index in [1.165, 1.54) is 5.56 Å². The summed E-state index contributed by atoms with van der Waals surface area (Å²) in [6.45, 7) is 5.31. The monoisotopic (exact) mass is 410 g/mol. The number of carbonyl (C=O) groups excluding carboxylic acids is 2. The van der Waals surface area contributed by atoms with Crippen molar-refractivity contribution in [2.24, 2.45) is 5.92 Å². The van der Waals surface area contributed by atoms with Crippen molar-refractivity contribution < 1.29 is 19.1 Å². The van der Waals surface area contributed by atoms with Gasteiger partial charge in [0.05, 0.1) is 20.6 Å². The second-order valence-corrected chi connectivity index (χ2v) is 8.00. The largest absolute Gasteiger partial charge is 0.493 e. The van der Waals surface area contributed by atoms with Gasteiger partial charge in [0.15, 0.2) is 11.5 Å². The van der Waals surface area contributed by atoms with Crippen LogP contribution in [-0.4, -0.2) is 32.6 Å². The SMILES string of the molecule is COc1ccc(CC(=O)NCc2ccc3c(c2)CCN3C(=O)CC(C)C)cc1OC. The fraction of sp³-hybridized carbons (Fsp3) is 0.417. The molecule has 0 fully saturated rings. The van der Waals surface area contributed by atoms with E-state index in [-0.39, 0.29) is 18.2 Å². The molecule has 30 heavy (non-hydrogen) atoms. The summed E-state index contributed by atoms with van der Waals surface area (Å²) in [6.07, 6.45) is 1.68. The smallest absolute Gasteiger partial charge is 0.227 e. The third kappa shape index (κ3) is 5.12. The van der Waals surface area contributed by atoms with Crippen molar-refractivity contribution in [2.75, 3.05) is 25.7 Å². The molecular weight excluding hydrogens is 380 g/mol. The van der Waals surface area contributed by atoms with E-state index in [0.717, 1.165) is 29.8 Å². The van der Waals surface area contributed by atoms with Crippen LogP contribution in [0.25, 0.3) is 0 Å². The van der Waals surface area contributed by atoms with Crippen LogP contribution in [0.1, 0.15) is 37.0 Å². The molecule has 0 bridgehead atoms. The molecule has 0 spiro atoms. The first-order valence-corrected chi connectivity index (χ1v) is 10.3. The topological polar surface area (TPSA) is 67.9 Å². The second-order valence-electron chi connectivity index (χ2n) is 8.00. The van der Waals surface area contributed by atoms with Crippen LogP contribution in [0.15, 0.2) is 36.4 Å². The molecule has 6 heteroatoms. The highest BCUT2D eigenvalue weighted by molar-refractivity contribution is 5.95. The minimum atomic E-state index is -0.0588. The van der Waals surface area contributed by atoms with Crippen molar-refractivity contribution in [3.05, 3.63) is 53.1 Å². The van der Waals surface area contributed by atoms with Crippen molar-refractivity contribution in [2.45, 2.75) is 39.7 Å². The summed E-state index contributed by atoms with van der Waals surface area (Å²) in [6, 6.07) is 11.5. The Morgan fingerprint density at radius 3 is 2.47 bits per heavy atom. The first kappa shape index (κ1) is 21.7. The Labute approximate surface area is 178 Å². The maximum absolute atomic E-state index is 12.4. The van der Waals surface area contributed by atoms with E-state index in [0.29, 0.717) is 30.4 Å². The quantitative estimate of drug-likeness (QED) is 0.723. The van der Waals surface area contributed by atoms with Gasteiger partial charge in [0.2, 0.25) is 11.8 Å². The van der Waals surface area contributed by atoms with Crippen LogP contribution in [-0.2, 0) is 29.0 Å². The van der Waals surface area contributed by atoms with Crippen LogP contribution < -0.4 is 19.7 Å². The number of carbonyl (C=O) groups is 2. The molecule has 2 amide bonds. The highest BCUT2D eigenvalue weighted by atomic mass is 16.5. The van der Waals surface area contributed by atoms with E-state index in [9.17, 15) is 9.59 Å². The van der Waals surface area contributed by atoms with E-state index in [1.807, 2.05) is 29.2 Å². The Morgan fingerprint density at radius 1 is 1.03 bits per heavy atom. The number of benzene rings is 2. The number of hydrogen-bond acceptors (Lipinski definition) is 4. The Morgan fingerprint density at radius 2 is 1.77 bits per heavy atom. The van der Waals surface area contributed by atoms with E-state index >= 15 is 0 Å². The Kier molecular flexibility index (Phi) is 6.98. The molecule has 160 valence electrons. The maximum atomic E-state index is 12.4. The molecule has 2 aromatic rings. The number of ether oxygens (including phenoxy) is 2. The summed E-state index contributed by atoms with van der Waals surface area (Å²) in [5.41, 5.74) is 4.06. The summed E-state index contributed by atoms with van der Waals surface area (Å²) in [7, 11) is 3.16. The zero-order valence-electron chi connectivity index (χ0n) is 18.2. The Balaban J connectivity index is 1.58. The van der Waals surface area contributed by atoms with Gasteiger partial charge in [0.25, 0.3) is 0 Å². The van der Waals surface area contributed by atoms with Crippen molar-refractivity contribution >= 4 is 17.5 Å². The van der Waals surface area contributed by atoms with Gasteiger partial charge in [0.1, 0.15) is 0 Å². The molecule has 0 aliphatic carbocycles. The predicted octanol–water partition coefficient (Wildman–Crippen LogP) is 3.50. The normalized spacial score (nSPS) is 12.6. The minimum absolute atomic E-state index is 0.0588. The lowest BCUT2D eigenvalue weighted by atomic mass is 10.1. The van der Waals surface area contributed by atoms with Gasteiger partial charge in [-0.3, -0.25) is 9.59 Å². The summed E-state index contributed by atoms with van der Waals surface area (Å²) >= 11 is 0. The van der Waals surface area contributed by atoms with E-state index in [1.54, 1.807) is 20.3 Å². The molecule has 2 aromatic carbocycles. The van der Waals surface area contributed by atoms with E-state index in [2.05, 4.69) is 25.2 Å². The number of fused-ring (bicyclic) bond motifs is 1. The number of amides is 2. The number of nitrogens with one attached hydrogen (secondary N) is 1. The highest BCUT2D eigenvalue weighted by Gasteiger charge is 2.25. The van der Waals surface area contributed by atoms with Crippen molar-refractivity contribution in [1.29, 1.82) is 0 Å². The fourth-order valence-corrected chi connectivity index (χ4v) is 3.72. The number of nitrogens with zero attached hydrogens (tertiary/aromatic N) is 1. The average Bonchev–Trinajstić information content (AvgIpc) is 3.15. The molecule has 0 aromatic heterocycles. The zero-order chi connectivity index (χ0) is 21.7. The summed E-state index contributed by atoms with van der Waals surface area (Å²) in [5, 5.41) is 2.97. The van der Waals surface area contributed by atoms with Crippen LogP contribution in [0.3, 0.4) is 0 Å². The lowest BCUT2D eigenvalue weighted by Crippen LogP contribution is -2.29. The van der Waals surface area contributed by atoms with Gasteiger partial charge in [0, 0.05) is 25.2 Å². The van der Waals surface area contributed by atoms with Crippen molar-refractivity contribution in [1.82, 2.24) is 5.32 Å². The maximum Gasteiger partial charge on any atom is 0.227 e. The number of rotatable bonds is 8. The van der Waals surface area contributed by atoms with Crippen LogP contribution >= 0.6 is 0 Å². The van der Waals surface area contributed by atoms with E-state index < -0.39 is 0 Å². The first-order valence-electron chi connectivity index (χ1n) is 10.3. The fourth-order valence-electron chi connectivity index (χ4n) is 3.72. The highest BCUT2D eigenvalue weighted by Crippen LogP contribution is 2.30. The van der Waals surface area contributed by atoms with Gasteiger partial charge < -0.3 is 19.7 Å².